The van der Waals surface area contributed by atoms with Gasteiger partial charge in [-0.05, 0) is 42.1 Å². The molecule has 2 N–H and O–H groups in total. The van der Waals surface area contributed by atoms with Gasteiger partial charge in [0.05, 0.1) is 0 Å². The van der Waals surface area contributed by atoms with Crippen molar-refractivity contribution in [3.8, 4) is 11.1 Å². The fourth-order valence-corrected chi connectivity index (χ4v) is 3.51. The summed E-state index contributed by atoms with van der Waals surface area (Å²) < 4.78 is 5.19. The highest BCUT2D eigenvalue weighted by Crippen LogP contribution is 2.29. The number of hydrogen-bond donors (Lipinski definition) is 2. The smallest absolute Gasteiger partial charge is 0.349 e. The van der Waals surface area contributed by atoms with E-state index in [0.29, 0.717) is 16.1 Å². The van der Waals surface area contributed by atoms with Crippen LogP contribution in [0, 0.1) is 6.92 Å². The first kappa shape index (κ1) is 20.3. The van der Waals surface area contributed by atoms with Gasteiger partial charge < -0.3 is 15.4 Å². The molecule has 2 amide bonds. The zero-order valence-electron chi connectivity index (χ0n) is 16.0. The van der Waals surface area contributed by atoms with Gasteiger partial charge in [0.2, 0.25) is 0 Å². The Morgan fingerprint density at radius 3 is 2.52 bits per heavy atom. The van der Waals surface area contributed by atoms with Crippen LogP contribution in [0.3, 0.4) is 0 Å². The quantitative estimate of drug-likeness (QED) is 0.606. The highest BCUT2D eigenvalue weighted by Gasteiger charge is 2.17. The van der Waals surface area contributed by atoms with E-state index >= 15 is 0 Å². The first-order chi connectivity index (χ1) is 14.0. The standard InChI is InChI=1S/C22H20N2O4S/c1-14-6-8-15(9-7-14)18-10-11-29-20(18)22(27)28-13-19(25)24-17-5-3-4-16(12-17)21(26)23-2/h3-12H,13H2,1-2H3,(H,23,26)(H,24,25). The van der Waals surface area contributed by atoms with E-state index < -0.39 is 18.5 Å². The SMILES string of the molecule is CNC(=O)c1cccc(NC(=O)COC(=O)c2sccc2-c2ccc(C)cc2)c1. The molecule has 3 aromatic rings. The van der Waals surface area contributed by atoms with Crippen molar-refractivity contribution in [1.29, 1.82) is 0 Å². The Bertz CT molecular complexity index is 1040. The van der Waals surface area contributed by atoms with Crippen molar-refractivity contribution in [2.45, 2.75) is 6.92 Å². The minimum atomic E-state index is -0.551. The van der Waals surface area contributed by atoms with Crippen LogP contribution in [0.25, 0.3) is 11.1 Å². The van der Waals surface area contributed by atoms with Crippen LogP contribution >= 0.6 is 11.3 Å². The summed E-state index contributed by atoms with van der Waals surface area (Å²) in [4.78, 5) is 36.7. The van der Waals surface area contributed by atoms with E-state index in [-0.39, 0.29) is 5.91 Å². The average molecular weight is 408 g/mol. The van der Waals surface area contributed by atoms with Gasteiger partial charge in [-0.1, -0.05) is 35.9 Å². The second-order valence-corrected chi connectivity index (χ2v) is 7.23. The van der Waals surface area contributed by atoms with E-state index in [1.54, 1.807) is 24.3 Å². The third kappa shape index (κ3) is 5.08. The van der Waals surface area contributed by atoms with Gasteiger partial charge in [0.15, 0.2) is 6.61 Å². The summed E-state index contributed by atoms with van der Waals surface area (Å²) in [6.45, 7) is 1.57. The van der Waals surface area contributed by atoms with Crippen molar-refractivity contribution in [2.75, 3.05) is 19.0 Å². The first-order valence-corrected chi connectivity index (χ1v) is 9.79. The van der Waals surface area contributed by atoms with Crippen LogP contribution in [0.2, 0.25) is 0 Å². The van der Waals surface area contributed by atoms with Gasteiger partial charge in [-0.25, -0.2) is 4.79 Å². The number of benzene rings is 2. The van der Waals surface area contributed by atoms with E-state index in [4.69, 9.17) is 4.74 Å². The number of carbonyl (C=O) groups excluding carboxylic acids is 3. The van der Waals surface area contributed by atoms with Crippen LogP contribution < -0.4 is 10.6 Å². The third-order valence-electron chi connectivity index (χ3n) is 4.18. The Hall–Kier alpha value is -3.45. The molecule has 1 aromatic heterocycles. The number of carbonyl (C=O) groups is 3. The Kier molecular flexibility index (Phi) is 6.41. The summed E-state index contributed by atoms with van der Waals surface area (Å²) in [6, 6.07) is 16.2. The molecule has 0 aliphatic carbocycles. The van der Waals surface area contributed by atoms with Crippen molar-refractivity contribution in [3.05, 3.63) is 76.0 Å². The largest absolute Gasteiger partial charge is 0.451 e. The van der Waals surface area contributed by atoms with E-state index in [9.17, 15) is 14.4 Å². The van der Waals surface area contributed by atoms with Gasteiger partial charge in [-0.3, -0.25) is 9.59 Å². The summed E-state index contributed by atoms with van der Waals surface area (Å²) in [5.74, 6) is -1.29. The Balaban J connectivity index is 1.62. The van der Waals surface area contributed by atoms with Gasteiger partial charge >= 0.3 is 5.97 Å². The Morgan fingerprint density at radius 2 is 1.79 bits per heavy atom. The summed E-state index contributed by atoms with van der Waals surface area (Å²) >= 11 is 1.27. The second kappa shape index (κ2) is 9.16. The summed E-state index contributed by atoms with van der Waals surface area (Å²) in [6.07, 6.45) is 0. The highest BCUT2D eigenvalue weighted by molar-refractivity contribution is 7.12. The van der Waals surface area contributed by atoms with Crippen LogP contribution in [-0.4, -0.2) is 31.4 Å². The first-order valence-electron chi connectivity index (χ1n) is 8.91. The van der Waals surface area contributed by atoms with Crippen LogP contribution in [0.4, 0.5) is 5.69 Å². The molecular weight excluding hydrogens is 388 g/mol. The van der Waals surface area contributed by atoms with E-state index in [2.05, 4.69) is 10.6 Å². The highest BCUT2D eigenvalue weighted by atomic mass is 32.1. The maximum Gasteiger partial charge on any atom is 0.349 e. The monoisotopic (exact) mass is 408 g/mol. The lowest BCUT2D eigenvalue weighted by Crippen LogP contribution is -2.21. The molecule has 1 heterocycles. The predicted octanol–water partition coefficient (Wildman–Crippen LogP) is 3.88. The van der Waals surface area contributed by atoms with E-state index in [1.165, 1.54) is 18.4 Å². The van der Waals surface area contributed by atoms with Crippen molar-refractivity contribution in [2.24, 2.45) is 0 Å². The predicted molar refractivity (Wildman–Crippen MR) is 113 cm³/mol. The number of thiophene rings is 1. The van der Waals surface area contributed by atoms with Gasteiger partial charge in [0.25, 0.3) is 11.8 Å². The maximum atomic E-state index is 12.5. The molecular formula is C22H20N2O4S. The molecule has 0 radical (unpaired) electrons. The van der Waals surface area contributed by atoms with Crippen LogP contribution in [0.1, 0.15) is 25.6 Å². The van der Waals surface area contributed by atoms with Gasteiger partial charge in [0, 0.05) is 23.9 Å². The van der Waals surface area contributed by atoms with Crippen molar-refractivity contribution in [1.82, 2.24) is 5.32 Å². The fraction of sp³-hybridized carbons (Fsp3) is 0.136. The summed E-state index contributed by atoms with van der Waals surface area (Å²) in [5, 5.41) is 6.96. The number of anilines is 1. The number of hydrogen-bond acceptors (Lipinski definition) is 5. The normalized spacial score (nSPS) is 10.3. The molecule has 0 aliphatic rings. The molecule has 148 valence electrons. The third-order valence-corrected chi connectivity index (χ3v) is 5.08. The number of amides is 2. The van der Waals surface area contributed by atoms with E-state index in [1.807, 2.05) is 42.6 Å². The maximum absolute atomic E-state index is 12.5. The molecule has 2 aromatic carbocycles. The minimum Gasteiger partial charge on any atom is -0.451 e. The molecule has 6 nitrogen and oxygen atoms in total. The lowest BCUT2D eigenvalue weighted by Gasteiger charge is -2.08. The lowest BCUT2D eigenvalue weighted by atomic mass is 10.1. The average Bonchev–Trinajstić information content (AvgIpc) is 3.22. The molecule has 0 unspecified atom stereocenters. The van der Waals surface area contributed by atoms with Crippen molar-refractivity contribution >= 4 is 34.8 Å². The number of aryl methyl sites for hydroxylation is 1. The number of ether oxygens (including phenoxy) is 1. The number of esters is 1. The second-order valence-electron chi connectivity index (χ2n) is 6.31. The summed E-state index contributed by atoms with van der Waals surface area (Å²) in [7, 11) is 1.53. The molecule has 0 saturated carbocycles. The van der Waals surface area contributed by atoms with Gasteiger partial charge in [-0.15, -0.1) is 11.3 Å². The number of rotatable bonds is 6. The summed E-state index contributed by atoms with van der Waals surface area (Å²) in [5.41, 5.74) is 3.69. The molecule has 7 heteroatoms. The lowest BCUT2D eigenvalue weighted by molar-refractivity contribution is -0.119. The Morgan fingerprint density at radius 1 is 1.03 bits per heavy atom. The molecule has 0 spiro atoms. The van der Waals surface area contributed by atoms with Crippen molar-refractivity contribution < 1.29 is 19.1 Å². The minimum absolute atomic E-state index is 0.256. The van der Waals surface area contributed by atoms with Crippen LogP contribution in [0.15, 0.2) is 60.0 Å². The zero-order valence-corrected chi connectivity index (χ0v) is 16.8. The van der Waals surface area contributed by atoms with Gasteiger partial charge in [0.1, 0.15) is 4.88 Å². The molecule has 0 bridgehead atoms. The van der Waals surface area contributed by atoms with E-state index in [0.717, 1.165) is 16.7 Å². The fourth-order valence-electron chi connectivity index (χ4n) is 2.70. The van der Waals surface area contributed by atoms with Crippen molar-refractivity contribution in [3.63, 3.8) is 0 Å². The molecule has 0 atom stereocenters. The van der Waals surface area contributed by atoms with Crippen LogP contribution in [-0.2, 0) is 9.53 Å². The molecule has 0 aliphatic heterocycles. The molecule has 29 heavy (non-hydrogen) atoms. The zero-order chi connectivity index (χ0) is 20.8. The molecule has 0 fully saturated rings. The van der Waals surface area contributed by atoms with Crippen LogP contribution in [0.5, 0.6) is 0 Å². The van der Waals surface area contributed by atoms with Gasteiger partial charge in [-0.2, -0.15) is 0 Å². The number of nitrogens with one attached hydrogen (secondary N) is 2. The topological polar surface area (TPSA) is 84.5 Å². The molecule has 3 rings (SSSR count). The molecule has 0 saturated heterocycles. The Labute approximate surface area is 172 Å².